The molecule has 2 N–H and O–H groups in total. The van der Waals surface area contributed by atoms with E-state index in [4.69, 9.17) is 11.6 Å². The molecule has 5 nitrogen and oxygen atoms in total. The van der Waals surface area contributed by atoms with Crippen LogP contribution < -0.4 is 0 Å². The zero-order chi connectivity index (χ0) is 16.6. The van der Waals surface area contributed by atoms with E-state index in [1.54, 1.807) is 11.0 Å². The first-order valence-electron chi connectivity index (χ1n) is 7.62. The molecule has 122 valence electrons. The van der Waals surface area contributed by atoms with Gasteiger partial charge in [-0.25, -0.2) is 0 Å². The number of rotatable bonds is 3. The van der Waals surface area contributed by atoms with Crippen molar-refractivity contribution in [2.45, 2.75) is 25.3 Å². The molecular formula is C17H18ClNO4. The molecular weight excluding hydrogens is 318 g/mol. The number of carbonyl (C=O) groups excluding carboxylic acids is 2. The first-order valence-corrected chi connectivity index (χ1v) is 8.00. The number of carbonyl (C=O) groups is 2. The van der Waals surface area contributed by atoms with Gasteiger partial charge in [0.25, 0.3) is 0 Å². The number of hydrogen-bond donors (Lipinski definition) is 2. The highest BCUT2D eigenvalue weighted by Gasteiger charge is 2.38. The van der Waals surface area contributed by atoms with Crippen molar-refractivity contribution in [1.82, 2.24) is 4.90 Å². The van der Waals surface area contributed by atoms with Crippen molar-refractivity contribution in [3.63, 3.8) is 0 Å². The second kappa shape index (κ2) is 6.24. The third-order valence-corrected chi connectivity index (χ3v) is 5.20. The summed E-state index contributed by atoms with van der Waals surface area (Å²) in [6.45, 7) is 0.609. The summed E-state index contributed by atoms with van der Waals surface area (Å²) in [4.78, 5) is 24.8. The van der Waals surface area contributed by atoms with Crippen molar-refractivity contribution in [2.24, 2.45) is 11.8 Å². The lowest BCUT2D eigenvalue weighted by atomic mass is 9.72. The standard InChI is InChI=1S/C17H18ClNO4/c18-14-8-17(23)16(22)7-11(14)6-15-13-2-1-12(21)5-10(13)3-4-19(15)9-20/h1-2,7-10,13,15,22-23H,3-6H2. The quantitative estimate of drug-likeness (QED) is 0.656. The summed E-state index contributed by atoms with van der Waals surface area (Å²) in [6.07, 6.45) is 6.11. The second-order valence-electron chi connectivity index (χ2n) is 6.20. The summed E-state index contributed by atoms with van der Waals surface area (Å²) in [5.41, 5.74) is 0.671. The zero-order valence-corrected chi connectivity index (χ0v) is 13.2. The minimum absolute atomic E-state index is 0.0960. The molecule has 1 aliphatic heterocycles. The number of benzene rings is 1. The van der Waals surface area contributed by atoms with E-state index in [9.17, 15) is 19.8 Å². The normalized spacial score (nSPS) is 26.9. The Labute approximate surface area is 139 Å². The van der Waals surface area contributed by atoms with Crippen molar-refractivity contribution in [1.29, 1.82) is 0 Å². The maximum Gasteiger partial charge on any atom is 0.209 e. The Hall–Kier alpha value is -2.01. The molecule has 0 spiro atoms. The third kappa shape index (κ3) is 3.06. The lowest BCUT2D eigenvalue weighted by Crippen LogP contribution is -2.50. The summed E-state index contributed by atoms with van der Waals surface area (Å²) < 4.78 is 0. The number of likely N-dealkylation sites (tertiary alicyclic amines) is 1. The minimum Gasteiger partial charge on any atom is -0.504 e. The summed E-state index contributed by atoms with van der Waals surface area (Å²) >= 11 is 6.16. The van der Waals surface area contributed by atoms with E-state index in [2.05, 4.69) is 0 Å². The molecule has 0 aromatic heterocycles. The van der Waals surface area contributed by atoms with Gasteiger partial charge in [-0.05, 0) is 36.5 Å². The molecule has 23 heavy (non-hydrogen) atoms. The minimum atomic E-state index is -0.268. The molecule has 3 atom stereocenters. The maximum absolute atomic E-state index is 11.6. The van der Waals surface area contributed by atoms with Crippen molar-refractivity contribution in [3.05, 3.63) is 34.9 Å². The topological polar surface area (TPSA) is 77.8 Å². The average molecular weight is 336 g/mol. The van der Waals surface area contributed by atoms with Crippen LogP contribution >= 0.6 is 11.6 Å². The van der Waals surface area contributed by atoms with Crippen LogP contribution in [0.15, 0.2) is 24.3 Å². The SMILES string of the molecule is O=CN1CCC2CC(=O)C=CC2C1Cc1cc(O)c(O)cc1Cl. The van der Waals surface area contributed by atoms with Gasteiger partial charge in [-0.3, -0.25) is 9.59 Å². The fraction of sp³-hybridized carbons (Fsp3) is 0.412. The predicted octanol–water partition coefficient (Wildman–Crippen LogP) is 2.29. The molecule has 1 saturated heterocycles. The van der Waals surface area contributed by atoms with Crippen LogP contribution in [-0.2, 0) is 16.0 Å². The number of aromatic hydroxyl groups is 2. The number of piperidine rings is 1. The van der Waals surface area contributed by atoms with E-state index in [0.29, 0.717) is 30.0 Å². The molecule has 3 unspecified atom stereocenters. The highest BCUT2D eigenvalue weighted by atomic mass is 35.5. The average Bonchev–Trinajstić information content (AvgIpc) is 2.52. The van der Waals surface area contributed by atoms with Crippen molar-refractivity contribution < 1.29 is 19.8 Å². The number of allylic oxidation sites excluding steroid dienone is 1. The Morgan fingerprint density at radius 3 is 2.78 bits per heavy atom. The van der Waals surface area contributed by atoms with Crippen LogP contribution in [0.25, 0.3) is 0 Å². The number of nitrogens with zero attached hydrogens (tertiary/aromatic N) is 1. The molecule has 0 saturated carbocycles. The third-order valence-electron chi connectivity index (χ3n) is 4.85. The number of ketones is 1. The van der Waals surface area contributed by atoms with E-state index in [1.165, 1.54) is 12.1 Å². The predicted molar refractivity (Wildman–Crippen MR) is 85.4 cm³/mol. The molecule has 3 rings (SSSR count). The fourth-order valence-electron chi connectivity index (χ4n) is 3.64. The van der Waals surface area contributed by atoms with Gasteiger partial charge in [-0.2, -0.15) is 0 Å². The van der Waals surface area contributed by atoms with Gasteiger partial charge in [-0.15, -0.1) is 0 Å². The molecule has 1 aromatic rings. The number of amides is 1. The Bertz CT molecular complexity index is 673. The zero-order valence-electron chi connectivity index (χ0n) is 12.5. The maximum atomic E-state index is 11.6. The molecule has 0 radical (unpaired) electrons. The number of phenols is 2. The van der Waals surface area contributed by atoms with Crippen LogP contribution in [0.4, 0.5) is 0 Å². The molecule has 1 heterocycles. The smallest absolute Gasteiger partial charge is 0.209 e. The van der Waals surface area contributed by atoms with Gasteiger partial charge in [0, 0.05) is 36.0 Å². The number of halogens is 1. The van der Waals surface area contributed by atoms with Gasteiger partial charge in [0.05, 0.1) is 0 Å². The summed E-state index contributed by atoms with van der Waals surface area (Å²) in [7, 11) is 0. The Balaban J connectivity index is 1.91. The lowest BCUT2D eigenvalue weighted by Gasteiger charge is -2.44. The molecule has 1 fully saturated rings. The Morgan fingerprint density at radius 1 is 1.30 bits per heavy atom. The van der Waals surface area contributed by atoms with Crippen LogP contribution in [0, 0.1) is 11.8 Å². The molecule has 1 aliphatic carbocycles. The van der Waals surface area contributed by atoms with E-state index >= 15 is 0 Å². The van der Waals surface area contributed by atoms with Crippen LogP contribution in [-0.4, -0.2) is 39.9 Å². The molecule has 1 aromatic carbocycles. The fourth-order valence-corrected chi connectivity index (χ4v) is 3.87. The first-order chi connectivity index (χ1) is 11.0. The van der Waals surface area contributed by atoms with Crippen molar-refractivity contribution in [2.75, 3.05) is 6.54 Å². The lowest BCUT2D eigenvalue weighted by molar-refractivity contribution is -0.124. The second-order valence-corrected chi connectivity index (χ2v) is 6.61. The highest BCUT2D eigenvalue weighted by Crippen LogP contribution is 2.38. The highest BCUT2D eigenvalue weighted by molar-refractivity contribution is 6.31. The van der Waals surface area contributed by atoms with Crippen LogP contribution in [0.2, 0.25) is 5.02 Å². The van der Waals surface area contributed by atoms with Gasteiger partial charge in [0.1, 0.15) is 0 Å². The number of phenolic OH excluding ortho intramolecular Hbond substituents is 2. The Kier molecular flexibility index (Phi) is 4.31. The molecule has 6 heteroatoms. The Morgan fingerprint density at radius 2 is 2.04 bits per heavy atom. The summed E-state index contributed by atoms with van der Waals surface area (Å²) in [6, 6.07) is 2.62. The summed E-state index contributed by atoms with van der Waals surface area (Å²) in [5.74, 6) is -0.0406. The molecule has 2 aliphatic rings. The van der Waals surface area contributed by atoms with Gasteiger partial charge in [-0.1, -0.05) is 17.7 Å². The molecule has 0 bridgehead atoms. The van der Waals surface area contributed by atoms with Gasteiger partial charge in [0.2, 0.25) is 6.41 Å². The van der Waals surface area contributed by atoms with Crippen molar-refractivity contribution in [3.8, 4) is 11.5 Å². The largest absolute Gasteiger partial charge is 0.504 e. The van der Waals surface area contributed by atoms with Gasteiger partial charge < -0.3 is 15.1 Å². The monoisotopic (exact) mass is 335 g/mol. The van der Waals surface area contributed by atoms with Crippen molar-refractivity contribution >= 4 is 23.8 Å². The molecule has 1 amide bonds. The number of fused-ring (bicyclic) bond motifs is 1. The van der Waals surface area contributed by atoms with Gasteiger partial charge in [0.15, 0.2) is 17.3 Å². The van der Waals surface area contributed by atoms with Crippen LogP contribution in [0.1, 0.15) is 18.4 Å². The van der Waals surface area contributed by atoms with E-state index < -0.39 is 0 Å². The van der Waals surface area contributed by atoms with Gasteiger partial charge >= 0.3 is 0 Å². The number of hydrogen-bond acceptors (Lipinski definition) is 4. The van der Waals surface area contributed by atoms with Crippen LogP contribution in [0.5, 0.6) is 11.5 Å². The summed E-state index contributed by atoms with van der Waals surface area (Å²) in [5, 5.41) is 19.5. The van der Waals surface area contributed by atoms with E-state index in [-0.39, 0.29) is 35.2 Å². The van der Waals surface area contributed by atoms with E-state index in [1.807, 2.05) is 6.08 Å². The van der Waals surface area contributed by atoms with E-state index in [0.717, 1.165) is 12.8 Å². The van der Waals surface area contributed by atoms with Crippen LogP contribution in [0.3, 0.4) is 0 Å². The first kappa shape index (κ1) is 15.9.